The van der Waals surface area contributed by atoms with Crippen molar-refractivity contribution in [3.63, 3.8) is 0 Å². The summed E-state index contributed by atoms with van der Waals surface area (Å²) < 4.78 is 1.47. The van der Waals surface area contributed by atoms with Gasteiger partial charge in [-0.2, -0.15) is 0 Å². The molecule has 4 heterocycles. The largest absolute Gasteiger partial charge is 0.479 e. The van der Waals surface area contributed by atoms with E-state index in [1.54, 1.807) is 12.5 Å². The molecule has 17 heteroatoms. The van der Waals surface area contributed by atoms with Crippen molar-refractivity contribution in [1.29, 1.82) is 0 Å². The number of β-lactam (4-membered cyclic amide) rings is 1. The van der Waals surface area contributed by atoms with E-state index in [2.05, 4.69) is 31.0 Å². The molecule has 2 amide bonds. The van der Waals surface area contributed by atoms with Gasteiger partial charge in [0.15, 0.2) is 16.9 Å². The van der Waals surface area contributed by atoms with E-state index >= 15 is 0 Å². The number of nitrogens with one attached hydrogen (secondary N) is 1. The molecule has 1 fully saturated rings. The van der Waals surface area contributed by atoms with Crippen molar-refractivity contribution in [2.24, 2.45) is 12.2 Å². The Balaban J connectivity index is 1.48. The lowest BCUT2D eigenvalue weighted by molar-refractivity contribution is -0.159. The van der Waals surface area contributed by atoms with E-state index in [0.717, 1.165) is 11.3 Å². The summed E-state index contributed by atoms with van der Waals surface area (Å²) in [6.07, 6.45) is 0. The van der Waals surface area contributed by atoms with Crippen molar-refractivity contribution < 1.29 is 24.3 Å². The topological polar surface area (TPSA) is 191 Å². The van der Waals surface area contributed by atoms with Gasteiger partial charge in [-0.25, -0.2) is 14.5 Å². The van der Waals surface area contributed by atoms with Crippen LogP contribution in [0.2, 0.25) is 0 Å². The van der Waals surface area contributed by atoms with Crippen molar-refractivity contribution in [2.75, 3.05) is 18.6 Å². The summed E-state index contributed by atoms with van der Waals surface area (Å²) in [6.45, 7) is 0. The van der Waals surface area contributed by atoms with Crippen molar-refractivity contribution in [3.8, 4) is 0 Å². The van der Waals surface area contributed by atoms with Crippen LogP contribution in [-0.2, 0) is 26.3 Å². The Labute approximate surface area is 198 Å². The molecule has 14 nitrogen and oxygen atoms in total. The summed E-state index contributed by atoms with van der Waals surface area (Å²) in [7, 11) is 2.94. The molecule has 2 aliphatic rings. The number of nitrogens with zero attached hydrogens (tertiary/aromatic N) is 7. The number of nitrogen functional groups attached to an aromatic ring is 1. The molecule has 174 valence electrons. The smallest absolute Gasteiger partial charge is 0.330 e. The van der Waals surface area contributed by atoms with Gasteiger partial charge in [0.05, 0.1) is 0 Å². The number of thioether (sulfide) groups is 2. The van der Waals surface area contributed by atoms with E-state index < -0.39 is 35.2 Å². The Morgan fingerprint density at radius 1 is 1.45 bits per heavy atom. The normalized spacial score (nSPS) is 22.3. The van der Waals surface area contributed by atoms with Gasteiger partial charge in [-0.3, -0.25) is 9.59 Å². The Kier molecular flexibility index (Phi) is 6.52. The number of aryl methyl sites for hydroxylation is 1. The van der Waals surface area contributed by atoms with Crippen molar-refractivity contribution >= 4 is 63.5 Å². The fourth-order valence-corrected chi connectivity index (χ4v) is 5.95. The van der Waals surface area contributed by atoms with Crippen LogP contribution < -0.4 is 11.1 Å². The molecular formula is C16H17N9O5S3. The predicted octanol–water partition coefficient (Wildman–Crippen LogP) is -0.871. The van der Waals surface area contributed by atoms with E-state index in [0.29, 0.717) is 10.7 Å². The molecule has 2 aromatic heterocycles. The quantitative estimate of drug-likeness (QED) is 0.172. The minimum absolute atomic E-state index is 0.141. The number of anilines is 1. The Morgan fingerprint density at radius 3 is 2.85 bits per heavy atom. The van der Waals surface area contributed by atoms with Gasteiger partial charge in [-0.05, 0) is 21.4 Å². The SMILES string of the molecule is CO/N=C(\C(=O)N[C@@H]1C(=O)N2C(C(=O)O)C(CSc3nnnn3C)=CS[C@H]12)c1csc(N)n1. The molecule has 0 aliphatic carbocycles. The molecule has 0 saturated carbocycles. The van der Waals surface area contributed by atoms with Gasteiger partial charge in [-0.15, -0.1) is 28.2 Å². The van der Waals surface area contributed by atoms with Gasteiger partial charge in [0.2, 0.25) is 11.1 Å². The molecule has 3 atom stereocenters. The molecule has 4 rings (SSSR count). The number of oxime groups is 1. The zero-order valence-corrected chi connectivity index (χ0v) is 19.6. The number of carbonyl (C=O) groups excluding carboxylic acids is 2. The highest BCUT2D eigenvalue weighted by Crippen LogP contribution is 2.41. The Bertz CT molecular complexity index is 1160. The highest BCUT2D eigenvalue weighted by molar-refractivity contribution is 8.03. The molecule has 0 radical (unpaired) electrons. The first-order chi connectivity index (χ1) is 15.8. The van der Waals surface area contributed by atoms with E-state index in [1.807, 2.05) is 0 Å². The third-order valence-electron chi connectivity index (χ3n) is 4.70. The lowest BCUT2D eigenvalue weighted by atomic mass is 9.98. The van der Waals surface area contributed by atoms with Gasteiger partial charge in [0.1, 0.15) is 24.2 Å². The number of nitrogens with two attached hydrogens (primary N) is 1. The first-order valence-electron chi connectivity index (χ1n) is 9.19. The van der Waals surface area contributed by atoms with Gasteiger partial charge in [0, 0.05) is 18.2 Å². The van der Waals surface area contributed by atoms with Crippen LogP contribution in [0.3, 0.4) is 0 Å². The first-order valence-corrected chi connectivity index (χ1v) is 12.0. The summed E-state index contributed by atoms with van der Waals surface area (Å²) in [5, 5.41) is 30.6. The predicted molar refractivity (Wildman–Crippen MR) is 119 cm³/mol. The van der Waals surface area contributed by atoms with Crippen LogP contribution in [0.1, 0.15) is 5.69 Å². The average molecular weight is 512 g/mol. The maximum atomic E-state index is 12.9. The fraction of sp³-hybridized carbons (Fsp3) is 0.375. The van der Waals surface area contributed by atoms with E-state index in [1.165, 1.54) is 45.6 Å². The highest BCUT2D eigenvalue weighted by atomic mass is 32.2. The number of amides is 2. The third kappa shape index (κ3) is 4.38. The van der Waals surface area contributed by atoms with Crippen molar-refractivity contribution in [2.45, 2.75) is 22.6 Å². The van der Waals surface area contributed by atoms with Crippen LogP contribution in [0.15, 0.2) is 26.7 Å². The van der Waals surface area contributed by atoms with E-state index in [9.17, 15) is 19.5 Å². The summed E-state index contributed by atoms with van der Waals surface area (Å²) in [6, 6.07) is -2.09. The zero-order chi connectivity index (χ0) is 23.7. The van der Waals surface area contributed by atoms with Crippen molar-refractivity contribution in [1.82, 2.24) is 35.4 Å². The molecule has 33 heavy (non-hydrogen) atoms. The monoisotopic (exact) mass is 511 g/mol. The fourth-order valence-electron chi connectivity index (χ4n) is 3.22. The summed E-state index contributed by atoms with van der Waals surface area (Å²) >= 11 is 3.63. The zero-order valence-electron chi connectivity index (χ0n) is 17.1. The summed E-state index contributed by atoms with van der Waals surface area (Å²) in [5.74, 6) is -2.09. The molecule has 1 unspecified atom stereocenters. The second kappa shape index (κ2) is 9.36. The van der Waals surface area contributed by atoms with Gasteiger partial charge in [0.25, 0.3) is 5.91 Å². The van der Waals surface area contributed by atoms with E-state index in [-0.39, 0.29) is 22.3 Å². The molecule has 2 aromatic rings. The number of aromatic nitrogens is 5. The Morgan fingerprint density at radius 2 is 2.24 bits per heavy atom. The number of aliphatic carboxylic acids is 1. The second-order valence-corrected chi connectivity index (χ2v) is 9.55. The van der Waals surface area contributed by atoms with Crippen LogP contribution in [0.5, 0.6) is 0 Å². The number of hydrogen-bond acceptors (Lipinski definition) is 13. The third-order valence-corrected chi connectivity index (χ3v) is 7.67. The molecule has 4 N–H and O–H groups in total. The van der Waals surface area contributed by atoms with Crippen molar-refractivity contribution in [3.05, 3.63) is 22.1 Å². The summed E-state index contributed by atoms with van der Waals surface area (Å²) in [5.41, 5.74) is 6.21. The van der Waals surface area contributed by atoms with Crippen LogP contribution in [-0.4, -0.2) is 89.0 Å². The molecule has 0 bridgehead atoms. The average Bonchev–Trinajstić information content (AvgIpc) is 3.40. The maximum Gasteiger partial charge on any atom is 0.330 e. The highest BCUT2D eigenvalue weighted by Gasteiger charge is 2.56. The lowest BCUT2D eigenvalue weighted by Crippen LogP contribution is -2.74. The summed E-state index contributed by atoms with van der Waals surface area (Å²) in [4.78, 5) is 47.6. The standard InChI is InChI=1S/C16H17N9O5S3/c1-24-16(20-22-23-24)33-4-6-3-31-13-9(12(27)25(13)10(6)14(28)29)19-11(26)8(21-30-2)7-5-32-15(17)18-7/h3,5,9-10,13H,4H2,1-2H3,(H2,17,18)(H,19,26)(H,28,29)/b21-8-/t9-,10?,13-/m1/s1. The number of hydrogen-bond donors (Lipinski definition) is 3. The number of fused-ring (bicyclic) bond motifs is 1. The molecule has 0 spiro atoms. The van der Waals surface area contributed by atoms with Crippen LogP contribution in [0, 0.1) is 0 Å². The minimum atomic E-state index is -1.17. The van der Waals surface area contributed by atoms with Crippen LogP contribution in [0.4, 0.5) is 5.13 Å². The van der Waals surface area contributed by atoms with Gasteiger partial charge < -0.3 is 25.9 Å². The Hall–Kier alpha value is -3.18. The van der Waals surface area contributed by atoms with Gasteiger partial charge in [-0.1, -0.05) is 16.9 Å². The second-order valence-electron chi connectivity index (χ2n) is 6.72. The number of carboxylic acids is 1. The minimum Gasteiger partial charge on any atom is -0.479 e. The lowest BCUT2D eigenvalue weighted by Gasteiger charge is -2.51. The van der Waals surface area contributed by atoms with Crippen LogP contribution >= 0.6 is 34.9 Å². The first kappa shape index (κ1) is 23.0. The number of rotatable bonds is 8. The number of carboxylic acid groups (broad SMARTS) is 1. The number of carbonyl (C=O) groups is 3. The molecule has 1 saturated heterocycles. The van der Waals surface area contributed by atoms with Crippen LogP contribution in [0.25, 0.3) is 0 Å². The number of thiazole rings is 1. The molecule has 0 aromatic carbocycles. The molecule has 2 aliphatic heterocycles. The van der Waals surface area contributed by atoms with E-state index in [4.69, 9.17) is 10.6 Å². The molecular weight excluding hydrogens is 494 g/mol. The maximum absolute atomic E-state index is 12.9. The number of tetrazole rings is 1. The van der Waals surface area contributed by atoms with Gasteiger partial charge >= 0.3 is 5.97 Å².